The van der Waals surface area contributed by atoms with Crippen molar-refractivity contribution in [2.75, 3.05) is 5.32 Å². The monoisotopic (exact) mass is 341 g/mol. The van der Waals surface area contributed by atoms with Crippen molar-refractivity contribution < 1.29 is 4.79 Å². The lowest BCUT2D eigenvalue weighted by molar-refractivity contribution is 0.102. The molecule has 128 valence electrons. The second-order valence-corrected chi connectivity index (χ2v) is 6.36. The molecular weight excluding hydrogens is 322 g/mol. The SMILES string of the molecule is Cc1cc(C)n2ccc(C(=O)Nc3ccc(-c4ccccc4)cc3)c2n1. The predicted octanol–water partition coefficient (Wildman–Crippen LogP) is 4.87. The van der Waals surface area contributed by atoms with E-state index < -0.39 is 0 Å². The molecule has 0 bridgehead atoms. The zero-order chi connectivity index (χ0) is 18.1. The van der Waals surface area contributed by atoms with Crippen LogP contribution < -0.4 is 5.32 Å². The molecule has 1 N–H and O–H groups in total. The first-order valence-corrected chi connectivity index (χ1v) is 8.54. The van der Waals surface area contributed by atoms with E-state index in [1.165, 1.54) is 0 Å². The van der Waals surface area contributed by atoms with E-state index in [9.17, 15) is 4.79 Å². The molecule has 0 unspecified atom stereocenters. The van der Waals surface area contributed by atoms with Gasteiger partial charge in [0.1, 0.15) is 5.65 Å². The second kappa shape index (κ2) is 6.48. The molecule has 0 saturated heterocycles. The number of hydrogen-bond donors (Lipinski definition) is 1. The number of benzene rings is 2. The average Bonchev–Trinajstić information content (AvgIpc) is 3.07. The van der Waals surface area contributed by atoms with Gasteiger partial charge in [0.2, 0.25) is 0 Å². The summed E-state index contributed by atoms with van der Waals surface area (Å²) < 4.78 is 1.93. The fourth-order valence-corrected chi connectivity index (χ4v) is 3.15. The van der Waals surface area contributed by atoms with Gasteiger partial charge in [-0.1, -0.05) is 42.5 Å². The van der Waals surface area contributed by atoms with Crippen LogP contribution in [0.2, 0.25) is 0 Å². The minimum Gasteiger partial charge on any atom is -0.322 e. The van der Waals surface area contributed by atoms with Gasteiger partial charge < -0.3 is 9.72 Å². The second-order valence-electron chi connectivity index (χ2n) is 6.36. The van der Waals surface area contributed by atoms with Gasteiger partial charge in [-0.05, 0) is 49.2 Å². The van der Waals surface area contributed by atoms with E-state index in [1.54, 1.807) is 0 Å². The molecule has 4 rings (SSSR count). The quantitative estimate of drug-likeness (QED) is 0.578. The molecule has 4 heteroatoms. The van der Waals surface area contributed by atoms with Crippen LogP contribution in [-0.4, -0.2) is 15.3 Å². The van der Waals surface area contributed by atoms with Gasteiger partial charge in [-0.15, -0.1) is 0 Å². The first kappa shape index (κ1) is 16.1. The number of aryl methyl sites for hydroxylation is 2. The van der Waals surface area contributed by atoms with Crippen molar-refractivity contribution >= 4 is 17.2 Å². The lowest BCUT2D eigenvalue weighted by Crippen LogP contribution is -2.12. The number of carbonyl (C=O) groups is 1. The average molecular weight is 341 g/mol. The van der Waals surface area contributed by atoms with Crippen LogP contribution in [0.1, 0.15) is 21.7 Å². The van der Waals surface area contributed by atoms with Crippen molar-refractivity contribution in [3.05, 3.63) is 89.9 Å². The van der Waals surface area contributed by atoms with E-state index in [-0.39, 0.29) is 5.91 Å². The topological polar surface area (TPSA) is 46.4 Å². The summed E-state index contributed by atoms with van der Waals surface area (Å²) in [5, 5.41) is 2.96. The van der Waals surface area contributed by atoms with Gasteiger partial charge in [0.15, 0.2) is 0 Å². The van der Waals surface area contributed by atoms with E-state index in [1.807, 2.05) is 79.0 Å². The van der Waals surface area contributed by atoms with E-state index in [0.717, 1.165) is 28.2 Å². The van der Waals surface area contributed by atoms with Crippen LogP contribution in [0, 0.1) is 13.8 Å². The van der Waals surface area contributed by atoms with Gasteiger partial charge in [0, 0.05) is 23.3 Å². The highest BCUT2D eigenvalue weighted by atomic mass is 16.1. The van der Waals surface area contributed by atoms with Crippen LogP contribution in [-0.2, 0) is 0 Å². The van der Waals surface area contributed by atoms with Gasteiger partial charge in [0.05, 0.1) is 5.56 Å². The normalized spacial score (nSPS) is 10.8. The van der Waals surface area contributed by atoms with E-state index >= 15 is 0 Å². The number of fused-ring (bicyclic) bond motifs is 1. The Bertz CT molecular complexity index is 1080. The number of nitrogens with zero attached hydrogens (tertiary/aromatic N) is 2. The highest BCUT2D eigenvalue weighted by molar-refractivity contribution is 6.08. The van der Waals surface area contributed by atoms with Crippen LogP contribution in [0.15, 0.2) is 72.9 Å². The fourth-order valence-electron chi connectivity index (χ4n) is 3.15. The largest absolute Gasteiger partial charge is 0.322 e. The zero-order valence-corrected chi connectivity index (χ0v) is 14.7. The summed E-state index contributed by atoms with van der Waals surface area (Å²) in [4.78, 5) is 17.2. The summed E-state index contributed by atoms with van der Waals surface area (Å²) in [5.41, 5.74) is 6.24. The maximum atomic E-state index is 12.7. The Balaban J connectivity index is 1.59. The number of amides is 1. The molecule has 26 heavy (non-hydrogen) atoms. The molecule has 2 aromatic heterocycles. The van der Waals surface area contributed by atoms with E-state index in [4.69, 9.17) is 0 Å². The Kier molecular flexibility index (Phi) is 4.01. The molecule has 0 aliphatic heterocycles. The van der Waals surface area contributed by atoms with Crippen molar-refractivity contribution in [2.45, 2.75) is 13.8 Å². The van der Waals surface area contributed by atoms with Gasteiger partial charge in [-0.25, -0.2) is 4.98 Å². The van der Waals surface area contributed by atoms with Crippen LogP contribution in [0.4, 0.5) is 5.69 Å². The molecule has 0 spiro atoms. The van der Waals surface area contributed by atoms with Gasteiger partial charge >= 0.3 is 0 Å². The maximum Gasteiger partial charge on any atom is 0.259 e. The van der Waals surface area contributed by atoms with Crippen LogP contribution in [0.5, 0.6) is 0 Å². The van der Waals surface area contributed by atoms with Crippen molar-refractivity contribution in [3.63, 3.8) is 0 Å². The molecule has 0 aliphatic rings. The summed E-state index contributed by atoms with van der Waals surface area (Å²) in [6, 6.07) is 21.8. The fraction of sp³-hybridized carbons (Fsp3) is 0.0909. The summed E-state index contributed by atoms with van der Waals surface area (Å²) >= 11 is 0. The third-order valence-electron chi connectivity index (χ3n) is 4.43. The highest BCUT2D eigenvalue weighted by Gasteiger charge is 2.14. The van der Waals surface area contributed by atoms with Crippen LogP contribution in [0.3, 0.4) is 0 Å². The van der Waals surface area contributed by atoms with Crippen LogP contribution >= 0.6 is 0 Å². The Morgan fingerprint density at radius 3 is 2.35 bits per heavy atom. The molecule has 0 atom stereocenters. The summed E-state index contributed by atoms with van der Waals surface area (Å²) in [5.74, 6) is -0.155. The molecule has 4 nitrogen and oxygen atoms in total. The zero-order valence-electron chi connectivity index (χ0n) is 14.7. The standard InChI is InChI=1S/C22H19N3O/c1-15-14-16(2)25-13-12-20(21(25)23-15)22(26)24-19-10-8-18(9-11-19)17-6-4-3-5-7-17/h3-14H,1-2H3,(H,24,26). The Hall–Kier alpha value is -3.40. The number of rotatable bonds is 3. The highest BCUT2D eigenvalue weighted by Crippen LogP contribution is 2.22. The van der Waals surface area contributed by atoms with Gasteiger partial charge in [-0.3, -0.25) is 4.79 Å². The number of aromatic nitrogens is 2. The predicted molar refractivity (Wildman–Crippen MR) is 104 cm³/mol. The third kappa shape index (κ3) is 2.97. The lowest BCUT2D eigenvalue weighted by Gasteiger charge is -2.07. The van der Waals surface area contributed by atoms with Crippen molar-refractivity contribution in [1.82, 2.24) is 9.38 Å². The summed E-state index contributed by atoms with van der Waals surface area (Å²) in [6.45, 7) is 3.94. The minimum absolute atomic E-state index is 0.155. The summed E-state index contributed by atoms with van der Waals surface area (Å²) in [6.07, 6.45) is 1.88. The molecule has 0 radical (unpaired) electrons. The van der Waals surface area contributed by atoms with E-state index in [2.05, 4.69) is 22.4 Å². The third-order valence-corrected chi connectivity index (χ3v) is 4.43. The molecule has 0 fully saturated rings. The Morgan fingerprint density at radius 2 is 1.62 bits per heavy atom. The maximum absolute atomic E-state index is 12.7. The van der Waals surface area contributed by atoms with Crippen molar-refractivity contribution in [3.8, 4) is 11.1 Å². The number of nitrogens with one attached hydrogen (secondary N) is 1. The molecule has 4 aromatic rings. The molecular formula is C22H19N3O. The molecule has 0 aliphatic carbocycles. The van der Waals surface area contributed by atoms with Gasteiger partial charge in [-0.2, -0.15) is 0 Å². The minimum atomic E-state index is -0.155. The Labute approximate surface area is 152 Å². The first-order chi connectivity index (χ1) is 12.6. The Morgan fingerprint density at radius 1 is 0.923 bits per heavy atom. The smallest absolute Gasteiger partial charge is 0.259 e. The van der Waals surface area contributed by atoms with E-state index in [0.29, 0.717) is 11.2 Å². The molecule has 2 heterocycles. The number of anilines is 1. The summed E-state index contributed by atoms with van der Waals surface area (Å²) in [7, 11) is 0. The molecule has 2 aromatic carbocycles. The van der Waals surface area contributed by atoms with Gasteiger partial charge in [0.25, 0.3) is 5.91 Å². The number of carbonyl (C=O) groups excluding carboxylic acids is 1. The van der Waals surface area contributed by atoms with Crippen molar-refractivity contribution in [1.29, 1.82) is 0 Å². The van der Waals surface area contributed by atoms with Crippen LogP contribution in [0.25, 0.3) is 16.8 Å². The number of hydrogen-bond acceptors (Lipinski definition) is 2. The molecule has 1 amide bonds. The first-order valence-electron chi connectivity index (χ1n) is 8.54. The lowest BCUT2D eigenvalue weighted by atomic mass is 10.1. The molecule has 0 saturated carbocycles. The van der Waals surface area contributed by atoms with Crippen molar-refractivity contribution in [2.24, 2.45) is 0 Å².